The zero-order valence-electron chi connectivity index (χ0n) is 16.2. The monoisotopic (exact) mass is 431 g/mol. The highest BCUT2D eigenvalue weighted by Gasteiger charge is 2.34. The lowest BCUT2D eigenvalue weighted by molar-refractivity contribution is -0.124. The van der Waals surface area contributed by atoms with E-state index >= 15 is 0 Å². The van der Waals surface area contributed by atoms with Crippen LogP contribution >= 0.6 is 11.6 Å². The van der Waals surface area contributed by atoms with Gasteiger partial charge in [0.2, 0.25) is 12.7 Å². The number of urea groups is 1. The van der Waals surface area contributed by atoms with Gasteiger partial charge in [-0.1, -0.05) is 11.6 Å². The van der Waals surface area contributed by atoms with Crippen LogP contribution in [0.5, 0.6) is 17.2 Å². The van der Waals surface area contributed by atoms with Crippen LogP contribution in [0.1, 0.15) is 12.8 Å². The second-order valence-electron chi connectivity index (χ2n) is 6.94. The lowest BCUT2D eigenvalue weighted by Crippen LogP contribution is -2.48. The van der Waals surface area contributed by atoms with Crippen LogP contribution in [0.4, 0.5) is 10.5 Å². The maximum Gasteiger partial charge on any atom is 0.322 e. The first kappa shape index (κ1) is 20.2. The summed E-state index contributed by atoms with van der Waals surface area (Å²) in [5.41, 5.74) is 0.632. The van der Waals surface area contributed by atoms with Crippen molar-refractivity contribution in [2.75, 3.05) is 31.8 Å². The van der Waals surface area contributed by atoms with E-state index < -0.39 is 6.04 Å². The molecule has 4 rings (SSSR count). The van der Waals surface area contributed by atoms with E-state index in [0.29, 0.717) is 54.1 Å². The molecule has 2 aromatic rings. The number of fused-ring (bicyclic) bond motifs is 1. The van der Waals surface area contributed by atoms with Crippen LogP contribution in [0.15, 0.2) is 42.5 Å². The van der Waals surface area contributed by atoms with E-state index in [-0.39, 0.29) is 18.7 Å². The molecule has 2 aromatic carbocycles. The van der Waals surface area contributed by atoms with Crippen molar-refractivity contribution in [1.82, 2.24) is 10.2 Å². The lowest BCUT2D eigenvalue weighted by atomic mass is 10.2. The predicted octanol–water partition coefficient (Wildman–Crippen LogP) is 3.26. The molecule has 0 spiro atoms. The fraction of sp³-hybridized carbons (Fsp3) is 0.333. The lowest BCUT2D eigenvalue weighted by Gasteiger charge is -2.24. The Hall–Kier alpha value is -3.13. The van der Waals surface area contributed by atoms with Crippen LogP contribution in [0.3, 0.4) is 0 Å². The minimum Gasteiger partial charge on any atom is -0.492 e. The Morgan fingerprint density at radius 1 is 1.13 bits per heavy atom. The normalized spacial score (nSPS) is 17.0. The molecule has 0 aliphatic carbocycles. The predicted molar refractivity (Wildman–Crippen MR) is 111 cm³/mol. The van der Waals surface area contributed by atoms with Crippen molar-refractivity contribution < 1.29 is 23.8 Å². The zero-order valence-corrected chi connectivity index (χ0v) is 17.0. The number of nitrogens with one attached hydrogen (secondary N) is 2. The summed E-state index contributed by atoms with van der Waals surface area (Å²) < 4.78 is 16.2. The highest BCUT2D eigenvalue weighted by molar-refractivity contribution is 6.30. The summed E-state index contributed by atoms with van der Waals surface area (Å²) >= 11 is 5.87. The number of amides is 3. The molecule has 1 fully saturated rings. The summed E-state index contributed by atoms with van der Waals surface area (Å²) in [5.74, 6) is 1.78. The molecule has 3 amide bonds. The van der Waals surface area contributed by atoms with E-state index in [4.69, 9.17) is 25.8 Å². The maximum absolute atomic E-state index is 12.6. The van der Waals surface area contributed by atoms with Gasteiger partial charge < -0.3 is 29.7 Å². The van der Waals surface area contributed by atoms with E-state index in [0.717, 1.165) is 6.42 Å². The van der Waals surface area contributed by atoms with Gasteiger partial charge in [0.05, 0.1) is 6.54 Å². The van der Waals surface area contributed by atoms with Gasteiger partial charge in [0, 0.05) is 23.3 Å². The topological polar surface area (TPSA) is 89.1 Å². The number of benzene rings is 2. The molecule has 2 aliphatic heterocycles. The van der Waals surface area contributed by atoms with Gasteiger partial charge in [-0.25, -0.2) is 4.79 Å². The van der Waals surface area contributed by atoms with Crippen LogP contribution in [0.25, 0.3) is 0 Å². The standard InChI is InChI=1S/C21H22ClN3O5/c22-14-3-5-15(6-4-14)24-21(27)25-10-1-2-17(25)20(26)23-9-11-28-16-7-8-18-19(12-16)30-13-29-18/h3-8,12,17H,1-2,9-11,13H2,(H,23,26)(H,24,27). The van der Waals surface area contributed by atoms with Crippen molar-refractivity contribution in [3.8, 4) is 17.2 Å². The average Bonchev–Trinajstić information content (AvgIpc) is 3.42. The number of anilines is 1. The number of hydrogen-bond acceptors (Lipinski definition) is 5. The Bertz CT molecular complexity index is 921. The Kier molecular flexibility index (Phi) is 6.13. The third kappa shape index (κ3) is 4.71. The summed E-state index contributed by atoms with van der Waals surface area (Å²) in [6.07, 6.45) is 1.41. The fourth-order valence-electron chi connectivity index (χ4n) is 3.44. The second-order valence-corrected chi connectivity index (χ2v) is 7.38. The third-order valence-corrected chi connectivity index (χ3v) is 5.18. The van der Waals surface area contributed by atoms with E-state index in [9.17, 15) is 9.59 Å². The minimum absolute atomic E-state index is 0.187. The summed E-state index contributed by atoms with van der Waals surface area (Å²) in [5, 5.41) is 6.24. The SMILES string of the molecule is O=C(NCCOc1ccc2c(c1)OCO2)C1CCCN1C(=O)Nc1ccc(Cl)cc1. The number of halogens is 1. The molecule has 1 atom stereocenters. The quantitative estimate of drug-likeness (QED) is 0.685. The highest BCUT2D eigenvalue weighted by Crippen LogP contribution is 2.35. The molecule has 30 heavy (non-hydrogen) atoms. The number of hydrogen-bond donors (Lipinski definition) is 2. The largest absolute Gasteiger partial charge is 0.492 e. The molecule has 158 valence electrons. The molecule has 2 N–H and O–H groups in total. The van der Waals surface area contributed by atoms with Gasteiger partial charge in [-0.15, -0.1) is 0 Å². The van der Waals surface area contributed by atoms with Crippen molar-refractivity contribution in [2.24, 2.45) is 0 Å². The number of ether oxygens (including phenoxy) is 3. The zero-order chi connectivity index (χ0) is 20.9. The van der Waals surface area contributed by atoms with Crippen LogP contribution in [0.2, 0.25) is 5.02 Å². The third-order valence-electron chi connectivity index (χ3n) is 4.93. The van der Waals surface area contributed by atoms with Crippen molar-refractivity contribution in [3.05, 3.63) is 47.5 Å². The van der Waals surface area contributed by atoms with Crippen LogP contribution in [-0.4, -0.2) is 49.4 Å². The molecule has 2 heterocycles. The number of carbonyl (C=O) groups is 2. The van der Waals surface area contributed by atoms with E-state index in [1.54, 1.807) is 47.4 Å². The first-order valence-electron chi connectivity index (χ1n) is 9.73. The van der Waals surface area contributed by atoms with Crippen molar-refractivity contribution >= 4 is 29.2 Å². The molecule has 8 nitrogen and oxygen atoms in total. The molecule has 0 saturated carbocycles. The Morgan fingerprint density at radius 2 is 1.93 bits per heavy atom. The molecular weight excluding hydrogens is 410 g/mol. The van der Waals surface area contributed by atoms with E-state index in [1.807, 2.05) is 0 Å². The van der Waals surface area contributed by atoms with Gasteiger partial charge in [0.15, 0.2) is 11.5 Å². The average molecular weight is 432 g/mol. The molecular formula is C21H22ClN3O5. The summed E-state index contributed by atoms with van der Waals surface area (Å²) in [7, 11) is 0. The Balaban J connectivity index is 1.24. The number of likely N-dealkylation sites (tertiary alicyclic amines) is 1. The first-order valence-corrected chi connectivity index (χ1v) is 10.1. The van der Waals surface area contributed by atoms with Gasteiger partial charge in [0.1, 0.15) is 18.4 Å². The molecule has 0 aromatic heterocycles. The smallest absolute Gasteiger partial charge is 0.322 e. The van der Waals surface area contributed by atoms with Gasteiger partial charge in [-0.05, 0) is 49.2 Å². The van der Waals surface area contributed by atoms with Gasteiger partial charge in [0.25, 0.3) is 0 Å². The Morgan fingerprint density at radius 3 is 2.77 bits per heavy atom. The van der Waals surface area contributed by atoms with E-state index in [2.05, 4.69) is 10.6 Å². The van der Waals surface area contributed by atoms with Crippen LogP contribution in [0, 0.1) is 0 Å². The molecule has 0 radical (unpaired) electrons. The van der Waals surface area contributed by atoms with Gasteiger partial charge in [-0.2, -0.15) is 0 Å². The second kappa shape index (κ2) is 9.13. The minimum atomic E-state index is -0.497. The molecule has 1 unspecified atom stereocenters. The molecule has 9 heteroatoms. The van der Waals surface area contributed by atoms with Crippen LogP contribution < -0.4 is 24.8 Å². The fourth-order valence-corrected chi connectivity index (χ4v) is 3.56. The highest BCUT2D eigenvalue weighted by atomic mass is 35.5. The number of rotatable bonds is 6. The Labute approximate surface area is 179 Å². The van der Waals surface area contributed by atoms with Crippen molar-refractivity contribution in [1.29, 1.82) is 0 Å². The van der Waals surface area contributed by atoms with Crippen LogP contribution in [-0.2, 0) is 4.79 Å². The summed E-state index contributed by atoms with van der Waals surface area (Å²) in [4.78, 5) is 26.7. The first-order chi connectivity index (χ1) is 14.6. The number of nitrogens with zero attached hydrogens (tertiary/aromatic N) is 1. The number of carbonyl (C=O) groups excluding carboxylic acids is 2. The van der Waals surface area contributed by atoms with Crippen molar-refractivity contribution in [2.45, 2.75) is 18.9 Å². The molecule has 0 bridgehead atoms. The molecule has 2 aliphatic rings. The van der Waals surface area contributed by atoms with Crippen molar-refractivity contribution in [3.63, 3.8) is 0 Å². The van der Waals surface area contributed by atoms with Gasteiger partial charge in [-0.3, -0.25) is 4.79 Å². The molecule has 1 saturated heterocycles. The van der Waals surface area contributed by atoms with E-state index in [1.165, 1.54) is 0 Å². The summed E-state index contributed by atoms with van der Waals surface area (Å²) in [6, 6.07) is 11.4. The van der Waals surface area contributed by atoms with Gasteiger partial charge >= 0.3 is 6.03 Å². The maximum atomic E-state index is 12.6. The summed E-state index contributed by atoms with van der Waals surface area (Å²) in [6.45, 7) is 1.37.